The Kier molecular flexibility index (Phi) is 3.47. The Morgan fingerprint density at radius 3 is 2.73 bits per heavy atom. The van der Waals surface area contributed by atoms with E-state index in [0.29, 0.717) is 0 Å². The van der Waals surface area contributed by atoms with Crippen LogP contribution >= 0.6 is 11.3 Å². The van der Waals surface area contributed by atoms with Crippen LogP contribution in [-0.4, -0.2) is 6.04 Å². The van der Waals surface area contributed by atoms with Crippen LogP contribution in [0.4, 0.5) is 0 Å². The summed E-state index contributed by atoms with van der Waals surface area (Å²) in [6, 6.07) is 3.09. The van der Waals surface area contributed by atoms with Crippen molar-refractivity contribution >= 4 is 11.3 Å². The smallest absolute Gasteiger partial charge is 0.0219 e. The summed E-state index contributed by atoms with van der Waals surface area (Å²) in [5.41, 5.74) is 1.50. The standard InChI is InChI=1S/C13H21NS/c1-9-4-5-13(6-9)14-8-12-7-10(2)15-11(12)3/h7,9,13-14H,4-6,8H2,1-3H3. The molecule has 0 bridgehead atoms. The zero-order chi connectivity index (χ0) is 10.8. The molecule has 1 saturated carbocycles. The van der Waals surface area contributed by atoms with Crippen LogP contribution in [0.25, 0.3) is 0 Å². The van der Waals surface area contributed by atoms with Gasteiger partial charge in [-0.2, -0.15) is 0 Å². The van der Waals surface area contributed by atoms with E-state index in [2.05, 4.69) is 32.2 Å². The number of hydrogen-bond acceptors (Lipinski definition) is 2. The summed E-state index contributed by atoms with van der Waals surface area (Å²) in [6.45, 7) is 7.85. The number of aryl methyl sites for hydroxylation is 2. The first kappa shape index (κ1) is 11.2. The van der Waals surface area contributed by atoms with Crippen molar-refractivity contribution in [2.45, 2.75) is 52.6 Å². The molecule has 15 heavy (non-hydrogen) atoms. The highest BCUT2D eigenvalue weighted by atomic mass is 32.1. The van der Waals surface area contributed by atoms with Gasteiger partial charge in [0, 0.05) is 22.3 Å². The summed E-state index contributed by atoms with van der Waals surface area (Å²) in [5, 5.41) is 3.69. The molecule has 0 saturated heterocycles. The quantitative estimate of drug-likeness (QED) is 0.825. The first-order chi connectivity index (χ1) is 7.15. The molecule has 1 N–H and O–H groups in total. The third-order valence-electron chi connectivity index (χ3n) is 3.42. The van der Waals surface area contributed by atoms with Crippen LogP contribution in [0.1, 0.15) is 41.5 Å². The molecule has 1 aliphatic carbocycles. The highest BCUT2D eigenvalue weighted by Crippen LogP contribution is 2.26. The molecule has 0 aromatic carbocycles. The van der Waals surface area contributed by atoms with E-state index in [9.17, 15) is 0 Å². The minimum atomic E-state index is 0.764. The van der Waals surface area contributed by atoms with E-state index >= 15 is 0 Å². The zero-order valence-electron chi connectivity index (χ0n) is 9.97. The van der Waals surface area contributed by atoms with E-state index in [1.165, 1.54) is 34.6 Å². The molecule has 2 heteroatoms. The summed E-state index contributed by atoms with van der Waals surface area (Å²) in [5.74, 6) is 0.924. The fraction of sp³-hybridized carbons (Fsp3) is 0.692. The fourth-order valence-corrected chi connectivity index (χ4v) is 3.45. The second-order valence-electron chi connectivity index (χ2n) is 4.93. The fourth-order valence-electron chi connectivity index (χ4n) is 2.51. The zero-order valence-corrected chi connectivity index (χ0v) is 10.8. The predicted molar refractivity (Wildman–Crippen MR) is 67.4 cm³/mol. The molecule has 2 unspecified atom stereocenters. The minimum Gasteiger partial charge on any atom is -0.310 e. The van der Waals surface area contributed by atoms with Crippen LogP contribution < -0.4 is 5.32 Å². The van der Waals surface area contributed by atoms with Gasteiger partial charge in [0.2, 0.25) is 0 Å². The molecule has 1 aliphatic rings. The summed E-state index contributed by atoms with van der Waals surface area (Å²) in [6.07, 6.45) is 4.13. The first-order valence-electron chi connectivity index (χ1n) is 5.94. The topological polar surface area (TPSA) is 12.0 Å². The van der Waals surface area contributed by atoms with Gasteiger partial charge >= 0.3 is 0 Å². The maximum Gasteiger partial charge on any atom is 0.0219 e. The average Bonchev–Trinajstić information content (AvgIpc) is 2.70. The monoisotopic (exact) mass is 223 g/mol. The lowest BCUT2D eigenvalue weighted by Crippen LogP contribution is -2.25. The number of hydrogen-bond donors (Lipinski definition) is 1. The van der Waals surface area contributed by atoms with Crippen molar-refractivity contribution in [2.24, 2.45) is 5.92 Å². The molecular formula is C13H21NS. The lowest BCUT2D eigenvalue weighted by molar-refractivity contribution is 0.502. The average molecular weight is 223 g/mol. The van der Waals surface area contributed by atoms with Gasteiger partial charge < -0.3 is 5.32 Å². The Morgan fingerprint density at radius 2 is 2.20 bits per heavy atom. The molecule has 2 atom stereocenters. The first-order valence-corrected chi connectivity index (χ1v) is 6.76. The van der Waals surface area contributed by atoms with Gasteiger partial charge in [0.05, 0.1) is 0 Å². The SMILES string of the molecule is Cc1cc(CNC2CCC(C)C2)c(C)s1. The number of nitrogens with one attached hydrogen (secondary N) is 1. The molecule has 0 amide bonds. The predicted octanol–water partition coefficient (Wildman–Crippen LogP) is 3.64. The van der Waals surface area contributed by atoms with E-state index in [1.54, 1.807) is 0 Å². The van der Waals surface area contributed by atoms with Crippen molar-refractivity contribution in [3.63, 3.8) is 0 Å². The highest BCUT2D eigenvalue weighted by Gasteiger charge is 2.20. The lowest BCUT2D eigenvalue weighted by Gasteiger charge is -2.11. The van der Waals surface area contributed by atoms with Crippen molar-refractivity contribution in [1.82, 2.24) is 5.32 Å². The van der Waals surface area contributed by atoms with Gasteiger partial charge in [0.1, 0.15) is 0 Å². The molecule has 2 rings (SSSR count). The highest BCUT2D eigenvalue weighted by molar-refractivity contribution is 7.12. The van der Waals surface area contributed by atoms with Crippen molar-refractivity contribution in [3.05, 3.63) is 21.4 Å². The van der Waals surface area contributed by atoms with Crippen molar-refractivity contribution in [2.75, 3.05) is 0 Å². The molecule has 84 valence electrons. The Bertz CT molecular complexity index is 329. The molecule has 1 nitrogen and oxygen atoms in total. The van der Waals surface area contributed by atoms with Gasteiger partial charge in [-0.1, -0.05) is 6.92 Å². The Hall–Kier alpha value is -0.340. The summed E-state index contributed by atoms with van der Waals surface area (Å²) < 4.78 is 0. The van der Waals surface area contributed by atoms with E-state index in [0.717, 1.165) is 18.5 Å². The molecule has 1 aromatic heterocycles. The minimum absolute atomic E-state index is 0.764. The number of rotatable bonds is 3. The van der Waals surface area contributed by atoms with E-state index in [1.807, 2.05) is 11.3 Å². The molecule has 0 aliphatic heterocycles. The van der Waals surface area contributed by atoms with E-state index in [-0.39, 0.29) is 0 Å². The molecular weight excluding hydrogens is 202 g/mol. The normalized spacial score (nSPS) is 26.1. The third-order valence-corrected chi connectivity index (χ3v) is 4.43. The van der Waals surface area contributed by atoms with Crippen molar-refractivity contribution < 1.29 is 0 Å². The maximum atomic E-state index is 3.69. The van der Waals surface area contributed by atoms with Gasteiger partial charge in [0.15, 0.2) is 0 Å². The Morgan fingerprint density at radius 1 is 1.40 bits per heavy atom. The van der Waals surface area contributed by atoms with Crippen LogP contribution in [-0.2, 0) is 6.54 Å². The number of thiophene rings is 1. The van der Waals surface area contributed by atoms with Gasteiger partial charge in [-0.3, -0.25) is 0 Å². The van der Waals surface area contributed by atoms with Crippen molar-refractivity contribution in [1.29, 1.82) is 0 Å². The van der Waals surface area contributed by atoms with Gasteiger partial charge in [-0.15, -0.1) is 11.3 Å². The Balaban J connectivity index is 1.85. The van der Waals surface area contributed by atoms with Crippen LogP contribution in [0.5, 0.6) is 0 Å². The van der Waals surface area contributed by atoms with Crippen LogP contribution in [0.2, 0.25) is 0 Å². The Labute approximate surface area is 96.9 Å². The van der Waals surface area contributed by atoms with Crippen LogP contribution in [0.15, 0.2) is 6.07 Å². The molecule has 0 radical (unpaired) electrons. The second kappa shape index (κ2) is 4.67. The van der Waals surface area contributed by atoms with Gasteiger partial charge in [-0.05, 0) is 50.7 Å². The van der Waals surface area contributed by atoms with E-state index < -0.39 is 0 Å². The molecule has 1 fully saturated rings. The largest absolute Gasteiger partial charge is 0.310 e. The summed E-state index contributed by atoms with van der Waals surface area (Å²) in [4.78, 5) is 2.91. The molecule has 1 heterocycles. The maximum absolute atomic E-state index is 3.69. The van der Waals surface area contributed by atoms with E-state index in [4.69, 9.17) is 0 Å². The lowest BCUT2D eigenvalue weighted by atomic mass is 10.1. The summed E-state index contributed by atoms with van der Waals surface area (Å²) in [7, 11) is 0. The van der Waals surface area contributed by atoms with Gasteiger partial charge in [-0.25, -0.2) is 0 Å². The van der Waals surface area contributed by atoms with Gasteiger partial charge in [0.25, 0.3) is 0 Å². The molecule has 0 spiro atoms. The van der Waals surface area contributed by atoms with Crippen LogP contribution in [0.3, 0.4) is 0 Å². The van der Waals surface area contributed by atoms with Crippen LogP contribution in [0, 0.1) is 19.8 Å². The second-order valence-corrected chi connectivity index (χ2v) is 6.39. The molecule has 1 aromatic rings. The third kappa shape index (κ3) is 2.82. The van der Waals surface area contributed by atoms with Crippen molar-refractivity contribution in [3.8, 4) is 0 Å². The summed E-state index contributed by atoms with van der Waals surface area (Å²) >= 11 is 1.91.